The van der Waals surface area contributed by atoms with Crippen LogP contribution < -0.4 is 5.32 Å². The first kappa shape index (κ1) is 17.7. The normalized spacial score (nSPS) is 27.1. The molecule has 0 aromatic carbocycles. The largest absolute Gasteiger partial charge is 0.356 e. The number of hydrogen-bond acceptors (Lipinski definition) is 3. The molecular formula is C19H33N3O2. The molecule has 3 aliphatic rings. The van der Waals surface area contributed by atoms with Crippen molar-refractivity contribution in [2.24, 2.45) is 11.8 Å². The van der Waals surface area contributed by atoms with Crippen LogP contribution in [-0.2, 0) is 9.59 Å². The molecular weight excluding hydrogens is 302 g/mol. The standard InChI is InChI=1S/C19H33N3O2/c1-15-7-11-21(12-8-15)10-4-9-20-19(24)16-13-18(23)22(14-16)17-5-2-3-6-17/h15-17H,2-14H2,1H3,(H,20,24)/t16-/m1/s1. The van der Waals surface area contributed by atoms with Crippen LogP contribution in [0.15, 0.2) is 0 Å². The number of amides is 2. The molecule has 5 heteroatoms. The molecule has 0 unspecified atom stereocenters. The number of nitrogens with zero attached hydrogens (tertiary/aromatic N) is 2. The number of hydrogen-bond donors (Lipinski definition) is 1. The zero-order valence-corrected chi connectivity index (χ0v) is 15.1. The van der Waals surface area contributed by atoms with E-state index < -0.39 is 0 Å². The van der Waals surface area contributed by atoms with Crippen LogP contribution >= 0.6 is 0 Å². The Hall–Kier alpha value is -1.10. The van der Waals surface area contributed by atoms with E-state index in [-0.39, 0.29) is 17.7 Å². The first-order valence-electron chi connectivity index (χ1n) is 9.93. The SMILES string of the molecule is CC1CCN(CCCNC(=O)[C@@H]2CC(=O)N(C3CCCC3)C2)CC1. The maximum atomic E-state index is 12.3. The Kier molecular flexibility index (Phi) is 6.14. The highest BCUT2D eigenvalue weighted by Gasteiger charge is 2.38. The Morgan fingerprint density at radius 1 is 1.17 bits per heavy atom. The zero-order chi connectivity index (χ0) is 16.9. The summed E-state index contributed by atoms with van der Waals surface area (Å²) < 4.78 is 0. The lowest BCUT2D eigenvalue weighted by molar-refractivity contribution is -0.130. The average molecular weight is 335 g/mol. The minimum atomic E-state index is -0.131. The van der Waals surface area contributed by atoms with Gasteiger partial charge in [0.25, 0.3) is 0 Å². The van der Waals surface area contributed by atoms with Crippen LogP contribution in [0.3, 0.4) is 0 Å². The van der Waals surface area contributed by atoms with Gasteiger partial charge in [0.15, 0.2) is 0 Å². The van der Waals surface area contributed by atoms with Crippen molar-refractivity contribution in [3.05, 3.63) is 0 Å². The predicted octanol–water partition coefficient (Wildman–Crippen LogP) is 2.02. The van der Waals surface area contributed by atoms with Crippen molar-refractivity contribution < 1.29 is 9.59 Å². The van der Waals surface area contributed by atoms with Gasteiger partial charge < -0.3 is 15.1 Å². The fourth-order valence-electron chi connectivity index (χ4n) is 4.42. The summed E-state index contributed by atoms with van der Waals surface area (Å²) in [5.41, 5.74) is 0. The lowest BCUT2D eigenvalue weighted by atomic mass is 9.99. The highest BCUT2D eigenvalue weighted by molar-refractivity contribution is 5.89. The Balaban J connectivity index is 1.33. The summed E-state index contributed by atoms with van der Waals surface area (Å²) >= 11 is 0. The van der Waals surface area contributed by atoms with Crippen molar-refractivity contribution in [2.75, 3.05) is 32.7 Å². The maximum absolute atomic E-state index is 12.3. The molecule has 2 saturated heterocycles. The van der Waals surface area contributed by atoms with E-state index >= 15 is 0 Å². The van der Waals surface area contributed by atoms with Gasteiger partial charge in [-0.25, -0.2) is 0 Å². The topological polar surface area (TPSA) is 52.7 Å². The lowest BCUT2D eigenvalue weighted by Gasteiger charge is -2.30. The van der Waals surface area contributed by atoms with E-state index in [4.69, 9.17) is 0 Å². The van der Waals surface area contributed by atoms with E-state index in [0.717, 1.165) is 38.3 Å². The van der Waals surface area contributed by atoms with E-state index in [2.05, 4.69) is 17.1 Å². The van der Waals surface area contributed by atoms with Crippen molar-refractivity contribution in [1.29, 1.82) is 0 Å². The zero-order valence-electron chi connectivity index (χ0n) is 15.1. The monoisotopic (exact) mass is 335 g/mol. The molecule has 3 rings (SSSR count). The van der Waals surface area contributed by atoms with Crippen LogP contribution in [0, 0.1) is 11.8 Å². The Morgan fingerprint density at radius 2 is 1.88 bits per heavy atom. The summed E-state index contributed by atoms with van der Waals surface area (Å²) in [6.45, 7) is 7.17. The first-order chi connectivity index (χ1) is 11.6. The molecule has 0 spiro atoms. The maximum Gasteiger partial charge on any atom is 0.225 e. The summed E-state index contributed by atoms with van der Waals surface area (Å²) in [7, 11) is 0. The van der Waals surface area contributed by atoms with Crippen LogP contribution in [0.1, 0.15) is 58.3 Å². The smallest absolute Gasteiger partial charge is 0.225 e. The van der Waals surface area contributed by atoms with Crippen molar-refractivity contribution >= 4 is 11.8 Å². The summed E-state index contributed by atoms with van der Waals surface area (Å²) in [5.74, 6) is 0.998. The third-order valence-corrected chi connectivity index (χ3v) is 6.12. The second kappa shape index (κ2) is 8.32. The molecule has 1 aliphatic carbocycles. The number of nitrogens with one attached hydrogen (secondary N) is 1. The number of rotatable bonds is 6. The third kappa shape index (κ3) is 4.50. The van der Waals surface area contributed by atoms with Gasteiger partial charge in [-0.3, -0.25) is 9.59 Å². The van der Waals surface area contributed by atoms with Gasteiger partial charge in [-0.1, -0.05) is 19.8 Å². The van der Waals surface area contributed by atoms with E-state index in [0.29, 0.717) is 19.0 Å². The molecule has 0 aromatic rings. The Labute approximate surface area is 146 Å². The van der Waals surface area contributed by atoms with E-state index in [1.165, 1.54) is 38.8 Å². The van der Waals surface area contributed by atoms with E-state index in [9.17, 15) is 9.59 Å². The molecule has 2 amide bonds. The van der Waals surface area contributed by atoms with Gasteiger partial charge in [0.1, 0.15) is 0 Å². The number of piperidine rings is 1. The lowest BCUT2D eigenvalue weighted by Crippen LogP contribution is -2.38. The molecule has 24 heavy (non-hydrogen) atoms. The van der Waals surface area contributed by atoms with Gasteiger partial charge in [-0.05, 0) is 57.7 Å². The van der Waals surface area contributed by atoms with Crippen LogP contribution in [0.4, 0.5) is 0 Å². The molecule has 2 aliphatic heterocycles. The fraction of sp³-hybridized carbons (Fsp3) is 0.895. The molecule has 0 radical (unpaired) electrons. The van der Waals surface area contributed by atoms with Crippen LogP contribution in [0.5, 0.6) is 0 Å². The Morgan fingerprint density at radius 3 is 2.58 bits per heavy atom. The fourth-order valence-corrected chi connectivity index (χ4v) is 4.42. The summed E-state index contributed by atoms with van der Waals surface area (Å²) in [6, 6.07) is 0.400. The molecule has 2 heterocycles. The molecule has 0 bridgehead atoms. The Bertz CT molecular complexity index is 440. The number of carbonyl (C=O) groups excluding carboxylic acids is 2. The van der Waals surface area contributed by atoms with Gasteiger partial charge in [0, 0.05) is 25.6 Å². The van der Waals surface area contributed by atoms with Gasteiger partial charge in [0.05, 0.1) is 5.92 Å². The second-order valence-corrected chi connectivity index (χ2v) is 8.05. The quantitative estimate of drug-likeness (QED) is 0.756. The van der Waals surface area contributed by atoms with Crippen LogP contribution in [0.25, 0.3) is 0 Å². The second-order valence-electron chi connectivity index (χ2n) is 8.05. The summed E-state index contributed by atoms with van der Waals surface area (Å²) in [6.07, 6.45) is 8.70. The number of carbonyl (C=O) groups is 2. The highest BCUT2D eigenvalue weighted by Crippen LogP contribution is 2.29. The van der Waals surface area contributed by atoms with Crippen molar-refractivity contribution in [3.63, 3.8) is 0 Å². The molecule has 0 aromatic heterocycles. The molecule has 1 saturated carbocycles. The molecule has 5 nitrogen and oxygen atoms in total. The highest BCUT2D eigenvalue weighted by atomic mass is 16.2. The van der Waals surface area contributed by atoms with Gasteiger partial charge in [-0.2, -0.15) is 0 Å². The van der Waals surface area contributed by atoms with Crippen molar-refractivity contribution in [1.82, 2.24) is 15.1 Å². The molecule has 1 atom stereocenters. The van der Waals surface area contributed by atoms with Crippen LogP contribution in [-0.4, -0.2) is 60.4 Å². The van der Waals surface area contributed by atoms with E-state index in [1.54, 1.807) is 0 Å². The third-order valence-electron chi connectivity index (χ3n) is 6.12. The van der Waals surface area contributed by atoms with Crippen molar-refractivity contribution in [3.8, 4) is 0 Å². The van der Waals surface area contributed by atoms with Gasteiger partial charge in [0.2, 0.25) is 11.8 Å². The van der Waals surface area contributed by atoms with Crippen LogP contribution in [0.2, 0.25) is 0 Å². The predicted molar refractivity (Wildman–Crippen MR) is 94.5 cm³/mol. The van der Waals surface area contributed by atoms with Gasteiger partial charge in [-0.15, -0.1) is 0 Å². The average Bonchev–Trinajstić information content (AvgIpc) is 3.22. The summed E-state index contributed by atoms with van der Waals surface area (Å²) in [5, 5.41) is 3.06. The minimum Gasteiger partial charge on any atom is -0.356 e. The summed E-state index contributed by atoms with van der Waals surface area (Å²) in [4.78, 5) is 29.0. The molecule has 136 valence electrons. The first-order valence-corrected chi connectivity index (χ1v) is 9.93. The molecule has 3 fully saturated rings. The molecule has 1 N–H and O–H groups in total. The van der Waals surface area contributed by atoms with E-state index in [1.807, 2.05) is 4.90 Å². The van der Waals surface area contributed by atoms with Gasteiger partial charge >= 0.3 is 0 Å². The number of likely N-dealkylation sites (tertiary alicyclic amines) is 2. The van der Waals surface area contributed by atoms with Crippen molar-refractivity contribution in [2.45, 2.75) is 64.3 Å². The minimum absolute atomic E-state index is 0.0797.